The van der Waals surface area contributed by atoms with Crippen molar-refractivity contribution in [3.05, 3.63) is 46.0 Å². The molecule has 0 fully saturated rings. The van der Waals surface area contributed by atoms with Crippen LogP contribution in [0.1, 0.15) is 11.1 Å². The van der Waals surface area contributed by atoms with Crippen LogP contribution in [0.5, 0.6) is 5.75 Å². The van der Waals surface area contributed by atoms with E-state index in [1.807, 2.05) is 0 Å². The molecule has 0 atom stereocenters. The van der Waals surface area contributed by atoms with E-state index in [-0.39, 0.29) is 47.7 Å². The highest BCUT2D eigenvalue weighted by atomic mass is 19.3. The van der Waals surface area contributed by atoms with Gasteiger partial charge in [0.25, 0.3) is 0 Å². The largest absolute Gasteiger partial charge is 0.490 e. The Balaban J connectivity index is 0.00000101. The van der Waals surface area contributed by atoms with Crippen LogP contribution < -0.4 is 27.6 Å². The van der Waals surface area contributed by atoms with Gasteiger partial charge >= 0.3 is 11.6 Å². The van der Waals surface area contributed by atoms with Crippen molar-refractivity contribution in [2.24, 2.45) is 12.8 Å². The Labute approximate surface area is 142 Å². The van der Waals surface area contributed by atoms with Crippen molar-refractivity contribution in [1.82, 2.24) is 15.7 Å². The highest BCUT2D eigenvalue weighted by Gasteiger charge is 2.44. The molecule has 2 aromatic rings. The first-order chi connectivity index (χ1) is 11.4. The third-order valence-corrected chi connectivity index (χ3v) is 3.41. The molecule has 1 aromatic heterocycles. The van der Waals surface area contributed by atoms with Crippen molar-refractivity contribution in [3.63, 3.8) is 0 Å². The second-order valence-corrected chi connectivity index (χ2v) is 4.91. The fourth-order valence-corrected chi connectivity index (χ4v) is 2.34. The number of nitrogens with one attached hydrogen (secondary N) is 2. The molecule has 0 bridgehead atoms. The molecule has 136 valence electrons. The first-order valence-electron chi connectivity index (χ1n) is 7.00. The van der Waals surface area contributed by atoms with Gasteiger partial charge in [0.1, 0.15) is 18.2 Å². The number of ether oxygens (including phenoxy) is 1. The van der Waals surface area contributed by atoms with Gasteiger partial charge in [0.2, 0.25) is 0 Å². The number of fused-ring (bicyclic) bond motifs is 2. The summed E-state index contributed by atoms with van der Waals surface area (Å²) in [7, 11) is 1.38. The van der Waals surface area contributed by atoms with Gasteiger partial charge in [-0.25, -0.2) is 4.79 Å². The lowest BCUT2D eigenvalue weighted by Crippen LogP contribution is -2.30. The van der Waals surface area contributed by atoms with E-state index in [0.29, 0.717) is 0 Å². The number of rotatable bonds is 3. The number of hydrogen-bond donors (Lipinski definition) is 4. The van der Waals surface area contributed by atoms with Gasteiger partial charge in [-0.15, -0.1) is 0 Å². The zero-order chi connectivity index (χ0) is 17.9. The summed E-state index contributed by atoms with van der Waals surface area (Å²) < 4.78 is 35.9. The summed E-state index contributed by atoms with van der Waals surface area (Å²) in [6, 6.07) is 4.36. The number of nitrogens with zero attached hydrogens (tertiary/aromatic N) is 2. The average molecular weight is 354 g/mol. The SMILES string of the molecule is C=N.Cn1cc2c(nc1=O)Nc1c(OCCN)cccc1C2(F)F.N. The number of aromatic nitrogens is 2. The molecule has 0 saturated heterocycles. The Morgan fingerprint density at radius 1 is 1.40 bits per heavy atom. The fourth-order valence-electron chi connectivity index (χ4n) is 2.34. The Kier molecular flexibility index (Phi) is 6.31. The molecule has 0 saturated carbocycles. The number of hydrogen-bond acceptors (Lipinski definition) is 7. The molecular formula is C15H20F2N6O2. The molecular weight excluding hydrogens is 334 g/mol. The van der Waals surface area contributed by atoms with Crippen molar-refractivity contribution in [2.75, 3.05) is 18.5 Å². The summed E-state index contributed by atoms with van der Waals surface area (Å²) in [5.74, 6) is -3.20. The molecule has 0 aliphatic carbocycles. The van der Waals surface area contributed by atoms with Gasteiger partial charge < -0.3 is 31.9 Å². The molecule has 3 rings (SSSR count). The highest BCUT2D eigenvalue weighted by Crippen LogP contribution is 2.49. The molecule has 7 N–H and O–H groups in total. The van der Waals surface area contributed by atoms with E-state index in [2.05, 4.69) is 17.0 Å². The van der Waals surface area contributed by atoms with Crippen LogP contribution in [0.15, 0.2) is 29.2 Å². The summed E-state index contributed by atoms with van der Waals surface area (Å²) in [5.41, 5.74) is 4.28. The van der Waals surface area contributed by atoms with Crippen molar-refractivity contribution in [3.8, 4) is 5.75 Å². The molecule has 1 aromatic carbocycles. The zero-order valence-electron chi connectivity index (χ0n) is 13.7. The van der Waals surface area contributed by atoms with Crippen molar-refractivity contribution in [2.45, 2.75) is 5.92 Å². The van der Waals surface area contributed by atoms with E-state index in [1.54, 1.807) is 6.07 Å². The monoisotopic (exact) mass is 354 g/mol. The topological polar surface area (TPSA) is 141 Å². The predicted octanol–water partition coefficient (Wildman–Crippen LogP) is 1.74. The van der Waals surface area contributed by atoms with Gasteiger partial charge in [0.15, 0.2) is 0 Å². The molecule has 1 aliphatic rings. The molecule has 1 aliphatic heterocycles. The molecule has 0 amide bonds. The summed E-state index contributed by atoms with van der Waals surface area (Å²) in [4.78, 5) is 15.3. The predicted molar refractivity (Wildman–Crippen MR) is 91.6 cm³/mol. The summed E-state index contributed by atoms with van der Waals surface area (Å²) in [6.07, 6.45) is 1.09. The lowest BCUT2D eigenvalue weighted by atomic mass is 9.96. The maximum Gasteiger partial charge on any atom is 0.349 e. The molecule has 2 heterocycles. The van der Waals surface area contributed by atoms with E-state index in [4.69, 9.17) is 15.9 Å². The second kappa shape index (κ2) is 7.81. The lowest BCUT2D eigenvalue weighted by molar-refractivity contribution is 0.0416. The summed E-state index contributed by atoms with van der Waals surface area (Å²) >= 11 is 0. The minimum absolute atomic E-state index is 0. The third-order valence-electron chi connectivity index (χ3n) is 3.41. The number of nitrogens with two attached hydrogens (primary N) is 1. The first-order valence-corrected chi connectivity index (χ1v) is 7.00. The Hall–Kier alpha value is -2.85. The maximum absolute atomic E-state index is 14.7. The average Bonchev–Trinajstić information content (AvgIpc) is 2.57. The van der Waals surface area contributed by atoms with Gasteiger partial charge in [0.05, 0.1) is 16.8 Å². The molecule has 8 nitrogen and oxygen atoms in total. The van der Waals surface area contributed by atoms with Crippen molar-refractivity contribution < 1.29 is 13.5 Å². The van der Waals surface area contributed by atoms with Gasteiger partial charge in [0, 0.05) is 19.8 Å². The fraction of sp³-hybridized carbons (Fsp3) is 0.267. The van der Waals surface area contributed by atoms with E-state index < -0.39 is 11.6 Å². The molecule has 10 heteroatoms. The van der Waals surface area contributed by atoms with Crippen LogP contribution >= 0.6 is 0 Å². The summed E-state index contributed by atoms with van der Waals surface area (Å²) in [6.45, 7) is 2.95. The number of anilines is 2. The maximum atomic E-state index is 14.7. The standard InChI is InChI=1S/C14H14F2N4O2.CH3N.H3N/c1-20-7-9-12(19-13(20)21)18-11-8(14(9,15)16)3-2-4-10(11)22-6-5-17;1-2;/h2-4,7H,5-6,17H2,1H3,(H,18,19,21);2H,1H2;1H3. The lowest BCUT2D eigenvalue weighted by Gasteiger charge is -2.29. The van der Waals surface area contributed by atoms with E-state index in [9.17, 15) is 13.6 Å². The van der Waals surface area contributed by atoms with Gasteiger partial charge in [-0.2, -0.15) is 13.8 Å². The Morgan fingerprint density at radius 2 is 2.08 bits per heavy atom. The molecule has 0 unspecified atom stereocenters. The van der Waals surface area contributed by atoms with Crippen LogP contribution in [-0.4, -0.2) is 29.4 Å². The number of halogens is 2. The number of benzene rings is 1. The van der Waals surface area contributed by atoms with Crippen LogP contribution in [-0.2, 0) is 13.0 Å². The quantitative estimate of drug-likeness (QED) is 0.619. The van der Waals surface area contributed by atoms with Crippen LogP contribution in [0.25, 0.3) is 0 Å². The summed E-state index contributed by atoms with van der Waals surface area (Å²) in [5, 5.41) is 8.27. The van der Waals surface area contributed by atoms with Crippen molar-refractivity contribution >= 4 is 18.2 Å². The van der Waals surface area contributed by atoms with E-state index >= 15 is 0 Å². The van der Waals surface area contributed by atoms with Gasteiger partial charge in [-0.1, -0.05) is 12.1 Å². The zero-order valence-corrected chi connectivity index (χ0v) is 13.7. The van der Waals surface area contributed by atoms with Crippen molar-refractivity contribution in [1.29, 1.82) is 5.41 Å². The van der Waals surface area contributed by atoms with Crippen LogP contribution in [0.2, 0.25) is 0 Å². The third kappa shape index (κ3) is 3.49. The van der Waals surface area contributed by atoms with Crippen LogP contribution in [0.4, 0.5) is 20.3 Å². The van der Waals surface area contributed by atoms with Gasteiger partial charge in [-0.3, -0.25) is 0 Å². The van der Waals surface area contributed by atoms with E-state index in [1.165, 1.54) is 19.2 Å². The highest BCUT2D eigenvalue weighted by molar-refractivity contribution is 5.76. The number of para-hydroxylation sites is 1. The number of alkyl halides is 2. The first kappa shape index (κ1) is 20.2. The van der Waals surface area contributed by atoms with Gasteiger partial charge in [-0.05, 0) is 12.8 Å². The Morgan fingerprint density at radius 3 is 2.72 bits per heavy atom. The van der Waals surface area contributed by atoms with Crippen LogP contribution in [0, 0.1) is 5.41 Å². The minimum atomic E-state index is -3.28. The smallest absolute Gasteiger partial charge is 0.349 e. The number of aryl methyl sites for hydroxylation is 1. The molecule has 0 spiro atoms. The minimum Gasteiger partial charge on any atom is -0.490 e. The molecule has 0 radical (unpaired) electrons. The normalized spacial score (nSPS) is 13.1. The second-order valence-electron chi connectivity index (χ2n) is 4.91. The van der Waals surface area contributed by atoms with E-state index in [0.717, 1.165) is 10.8 Å². The van der Waals surface area contributed by atoms with Crippen LogP contribution in [0.3, 0.4) is 0 Å². The Bertz CT molecular complexity index is 809. The molecule has 25 heavy (non-hydrogen) atoms.